The Morgan fingerprint density at radius 2 is 1.85 bits per heavy atom. The van der Waals surface area contributed by atoms with E-state index in [1.807, 2.05) is 4.68 Å². The SMILES string of the molecule is COc1ccc(S(=O)(=O)N2C3CCC2CC(n2cc(Cl)cn2)C3)cc1Cl. The maximum absolute atomic E-state index is 13.2. The van der Waals surface area contributed by atoms with Gasteiger partial charge in [0.2, 0.25) is 10.0 Å². The Labute approximate surface area is 162 Å². The van der Waals surface area contributed by atoms with Gasteiger partial charge in [-0.05, 0) is 43.9 Å². The molecular weight excluding hydrogens is 397 g/mol. The van der Waals surface area contributed by atoms with Crippen molar-refractivity contribution < 1.29 is 13.2 Å². The van der Waals surface area contributed by atoms with Gasteiger partial charge in [0.15, 0.2) is 0 Å². The Bertz CT molecular complexity index is 917. The fourth-order valence-corrected chi connectivity index (χ4v) is 6.54. The Kier molecular flexibility index (Phi) is 4.67. The highest BCUT2D eigenvalue weighted by Gasteiger charge is 2.47. The predicted molar refractivity (Wildman–Crippen MR) is 99.3 cm³/mol. The minimum Gasteiger partial charge on any atom is -0.495 e. The monoisotopic (exact) mass is 415 g/mol. The molecule has 2 aliphatic rings. The highest BCUT2D eigenvalue weighted by molar-refractivity contribution is 7.89. The smallest absolute Gasteiger partial charge is 0.243 e. The number of sulfonamides is 1. The minimum atomic E-state index is -3.61. The summed E-state index contributed by atoms with van der Waals surface area (Å²) in [6, 6.07) is 4.72. The van der Waals surface area contributed by atoms with E-state index in [-0.39, 0.29) is 23.0 Å². The number of methoxy groups -OCH3 is 1. The molecule has 0 saturated carbocycles. The van der Waals surface area contributed by atoms with Crippen molar-refractivity contribution in [2.45, 2.75) is 48.7 Å². The van der Waals surface area contributed by atoms with Crippen LogP contribution in [0.2, 0.25) is 10.0 Å². The lowest BCUT2D eigenvalue weighted by Crippen LogP contribution is -2.46. The number of fused-ring (bicyclic) bond motifs is 2. The van der Waals surface area contributed by atoms with Crippen molar-refractivity contribution in [2.75, 3.05) is 7.11 Å². The number of ether oxygens (including phenoxy) is 1. The van der Waals surface area contributed by atoms with E-state index in [2.05, 4.69) is 5.10 Å². The lowest BCUT2D eigenvalue weighted by molar-refractivity contribution is 0.185. The van der Waals surface area contributed by atoms with E-state index >= 15 is 0 Å². The maximum atomic E-state index is 13.2. The van der Waals surface area contributed by atoms with Gasteiger partial charge in [0.05, 0.1) is 34.3 Å². The summed E-state index contributed by atoms with van der Waals surface area (Å²) >= 11 is 12.1. The number of benzene rings is 1. The first kappa shape index (κ1) is 18.1. The van der Waals surface area contributed by atoms with Crippen LogP contribution in [0.5, 0.6) is 5.75 Å². The van der Waals surface area contributed by atoms with Crippen LogP contribution in [0.4, 0.5) is 0 Å². The normalized spacial score (nSPS) is 26.2. The lowest BCUT2D eigenvalue weighted by atomic mass is 10.00. The summed E-state index contributed by atoms with van der Waals surface area (Å²) in [5.41, 5.74) is 0. The second kappa shape index (κ2) is 6.71. The van der Waals surface area contributed by atoms with Gasteiger partial charge in [-0.1, -0.05) is 23.2 Å². The number of rotatable bonds is 4. The summed E-state index contributed by atoms with van der Waals surface area (Å²) in [4.78, 5) is 0.209. The second-order valence-electron chi connectivity index (χ2n) is 6.78. The molecule has 0 amide bonds. The molecule has 9 heteroatoms. The van der Waals surface area contributed by atoms with Crippen LogP contribution in [0.25, 0.3) is 0 Å². The zero-order valence-corrected chi connectivity index (χ0v) is 16.5. The number of hydrogen-bond acceptors (Lipinski definition) is 4. The number of piperidine rings is 1. The molecule has 2 atom stereocenters. The summed E-state index contributed by atoms with van der Waals surface area (Å²) in [7, 11) is -2.11. The van der Waals surface area contributed by atoms with Crippen molar-refractivity contribution in [3.05, 3.63) is 40.6 Å². The third-order valence-corrected chi connectivity index (χ3v) is 7.78. The molecule has 2 aliphatic heterocycles. The number of halogens is 2. The number of hydrogen-bond donors (Lipinski definition) is 0. The van der Waals surface area contributed by atoms with Crippen molar-refractivity contribution in [1.29, 1.82) is 0 Å². The van der Waals surface area contributed by atoms with Gasteiger partial charge in [0.1, 0.15) is 5.75 Å². The van der Waals surface area contributed by atoms with Crippen molar-refractivity contribution in [3.8, 4) is 5.75 Å². The quantitative estimate of drug-likeness (QED) is 0.762. The van der Waals surface area contributed by atoms with Crippen LogP contribution in [0.1, 0.15) is 31.7 Å². The van der Waals surface area contributed by atoms with Crippen LogP contribution in [0.15, 0.2) is 35.5 Å². The molecule has 26 heavy (non-hydrogen) atoms. The molecule has 0 radical (unpaired) electrons. The summed E-state index contributed by atoms with van der Waals surface area (Å²) in [5.74, 6) is 0.461. The molecule has 1 aromatic carbocycles. The van der Waals surface area contributed by atoms with Gasteiger partial charge in [-0.3, -0.25) is 4.68 Å². The van der Waals surface area contributed by atoms with Crippen LogP contribution in [-0.4, -0.2) is 41.7 Å². The first-order valence-corrected chi connectivity index (χ1v) is 10.7. The largest absolute Gasteiger partial charge is 0.495 e. The Morgan fingerprint density at radius 3 is 2.38 bits per heavy atom. The molecule has 6 nitrogen and oxygen atoms in total. The molecule has 3 heterocycles. The van der Waals surface area contributed by atoms with Gasteiger partial charge >= 0.3 is 0 Å². The van der Waals surface area contributed by atoms with Crippen LogP contribution in [0.3, 0.4) is 0 Å². The van der Waals surface area contributed by atoms with Gasteiger partial charge in [-0.15, -0.1) is 0 Å². The van der Waals surface area contributed by atoms with E-state index in [0.717, 1.165) is 25.7 Å². The topological polar surface area (TPSA) is 64.4 Å². The van der Waals surface area contributed by atoms with Crippen LogP contribution >= 0.6 is 23.2 Å². The Hall–Kier alpha value is -1.28. The summed E-state index contributed by atoms with van der Waals surface area (Å²) in [6.45, 7) is 0. The molecule has 1 aromatic heterocycles. The molecule has 2 bridgehead atoms. The molecule has 2 aromatic rings. The van der Waals surface area contributed by atoms with E-state index in [4.69, 9.17) is 27.9 Å². The Morgan fingerprint density at radius 1 is 1.15 bits per heavy atom. The van der Waals surface area contributed by atoms with E-state index in [1.54, 1.807) is 28.8 Å². The fraction of sp³-hybridized carbons (Fsp3) is 0.471. The van der Waals surface area contributed by atoms with E-state index < -0.39 is 10.0 Å². The molecule has 2 unspecified atom stereocenters. The van der Waals surface area contributed by atoms with E-state index in [0.29, 0.717) is 15.8 Å². The third-order valence-electron chi connectivity index (χ3n) is 5.28. The lowest BCUT2D eigenvalue weighted by Gasteiger charge is -2.38. The molecule has 2 saturated heterocycles. The van der Waals surface area contributed by atoms with Crippen LogP contribution in [-0.2, 0) is 10.0 Å². The van der Waals surface area contributed by atoms with Crippen molar-refractivity contribution in [1.82, 2.24) is 14.1 Å². The average Bonchev–Trinajstić information content (AvgIpc) is 3.16. The summed E-state index contributed by atoms with van der Waals surface area (Å²) in [6.07, 6.45) is 6.61. The van der Waals surface area contributed by atoms with Gasteiger partial charge in [-0.25, -0.2) is 8.42 Å². The van der Waals surface area contributed by atoms with Gasteiger partial charge in [0, 0.05) is 18.3 Å². The van der Waals surface area contributed by atoms with Crippen LogP contribution < -0.4 is 4.74 Å². The van der Waals surface area contributed by atoms with Gasteiger partial charge < -0.3 is 4.74 Å². The van der Waals surface area contributed by atoms with E-state index in [9.17, 15) is 8.42 Å². The van der Waals surface area contributed by atoms with Crippen molar-refractivity contribution >= 4 is 33.2 Å². The van der Waals surface area contributed by atoms with Gasteiger partial charge in [-0.2, -0.15) is 9.40 Å². The Balaban J connectivity index is 1.61. The minimum absolute atomic E-state index is 0.0346. The highest BCUT2D eigenvalue weighted by Crippen LogP contribution is 2.44. The predicted octanol–water partition coefficient (Wildman–Crippen LogP) is 3.76. The third kappa shape index (κ3) is 3.01. The first-order valence-electron chi connectivity index (χ1n) is 8.47. The summed E-state index contributed by atoms with van der Waals surface area (Å²) in [5, 5.41) is 5.19. The maximum Gasteiger partial charge on any atom is 0.243 e. The molecule has 2 fully saturated rings. The zero-order valence-electron chi connectivity index (χ0n) is 14.2. The number of nitrogens with zero attached hydrogens (tertiary/aromatic N) is 3. The van der Waals surface area contributed by atoms with Crippen LogP contribution in [0, 0.1) is 0 Å². The van der Waals surface area contributed by atoms with Gasteiger partial charge in [0.25, 0.3) is 0 Å². The molecule has 0 spiro atoms. The molecular formula is C17H19Cl2N3O3S. The standard InChI is InChI=1S/C17H19Cl2N3O3S/c1-25-17-5-4-15(8-16(17)19)26(23,24)22-12-2-3-13(22)7-14(6-12)21-10-11(18)9-20-21/h4-5,8-10,12-14H,2-3,6-7H2,1H3. The van der Waals surface area contributed by atoms with Crippen molar-refractivity contribution in [3.63, 3.8) is 0 Å². The number of aromatic nitrogens is 2. The second-order valence-corrected chi connectivity index (χ2v) is 9.47. The first-order chi connectivity index (χ1) is 12.4. The fourth-order valence-electron chi connectivity index (χ4n) is 4.16. The molecule has 0 aliphatic carbocycles. The molecule has 0 N–H and O–H groups in total. The average molecular weight is 416 g/mol. The van der Waals surface area contributed by atoms with Crippen molar-refractivity contribution in [2.24, 2.45) is 0 Å². The molecule has 140 valence electrons. The molecule has 4 rings (SSSR count). The highest BCUT2D eigenvalue weighted by atomic mass is 35.5. The zero-order chi connectivity index (χ0) is 18.5. The van der Waals surface area contributed by atoms with E-state index in [1.165, 1.54) is 13.2 Å². The summed E-state index contributed by atoms with van der Waals surface area (Å²) < 4.78 is 35.1.